The molecule has 0 aromatic heterocycles. The van der Waals surface area contributed by atoms with Crippen LogP contribution in [-0.4, -0.2) is 18.4 Å². The van der Waals surface area contributed by atoms with Crippen LogP contribution in [0.1, 0.15) is 23.1 Å². The van der Waals surface area contributed by atoms with Gasteiger partial charge in [-0.25, -0.2) is 0 Å². The Kier molecular flexibility index (Phi) is 4.82. The summed E-state index contributed by atoms with van der Waals surface area (Å²) in [6.07, 6.45) is 0.211. The molecule has 1 fully saturated rings. The number of hydrogen-bond donors (Lipinski definition) is 1. The van der Waals surface area contributed by atoms with Crippen LogP contribution in [-0.2, 0) is 9.59 Å². The van der Waals surface area contributed by atoms with E-state index >= 15 is 0 Å². The van der Waals surface area contributed by atoms with E-state index in [1.165, 1.54) is 0 Å². The molecule has 25 heavy (non-hydrogen) atoms. The van der Waals surface area contributed by atoms with Gasteiger partial charge in [0.25, 0.3) is 0 Å². The third kappa shape index (κ3) is 3.69. The zero-order valence-corrected chi connectivity index (χ0v) is 15.4. The number of benzene rings is 2. The maximum Gasteiger partial charge on any atom is 0.229 e. The monoisotopic (exact) mass is 356 g/mol. The molecule has 2 aromatic carbocycles. The van der Waals surface area contributed by atoms with E-state index < -0.39 is 0 Å². The average Bonchev–Trinajstić information content (AvgIpc) is 2.92. The molecule has 2 aromatic rings. The topological polar surface area (TPSA) is 49.4 Å². The molecule has 0 bridgehead atoms. The van der Waals surface area contributed by atoms with Gasteiger partial charge in [0.2, 0.25) is 11.8 Å². The van der Waals surface area contributed by atoms with Crippen molar-refractivity contribution in [2.24, 2.45) is 5.92 Å². The number of nitrogens with zero attached hydrogens (tertiary/aromatic N) is 1. The highest BCUT2D eigenvalue weighted by Gasteiger charge is 2.35. The van der Waals surface area contributed by atoms with Gasteiger partial charge in [-0.15, -0.1) is 0 Å². The van der Waals surface area contributed by atoms with Crippen molar-refractivity contribution in [3.05, 3.63) is 58.1 Å². The third-order valence-corrected chi connectivity index (χ3v) is 4.79. The van der Waals surface area contributed by atoms with Gasteiger partial charge in [-0.2, -0.15) is 0 Å². The molecule has 3 rings (SSSR count). The largest absolute Gasteiger partial charge is 0.324 e. The van der Waals surface area contributed by atoms with Gasteiger partial charge < -0.3 is 10.2 Å². The first-order valence-electron chi connectivity index (χ1n) is 8.30. The third-order valence-electron chi connectivity index (χ3n) is 4.49. The first kappa shape index (κ1) is 17.5. The normalized spacial score (nSPS) is 17.0. The van der Waals surface area contributed by atoms with Crippen LogP contribution in [0.5, 0.6) is 0 Å². The van der Waals surface area contributed by atoms with Crippen molar-refractivity contribution in [3.63, 3.8) is 0 Å². The molecule has 0 saturated carbocycles. The molecule has 1 aliphatic rings. The Morgan fingerprint density at radius 1 is 1.16 bits per heavy atom. The van der Waals surface area contributed by atoms with Gasteiger partial charge in [-0.3, -0.25) is 9.59 Å². The molecule has 2 amide bonds. The van der Waals surface area contributed by atoms with E-state index in [1.54, 1.807) is 4.90 Å². The second-order valence-electron chi connectivity index (χ2n) is 6.67. The minimum atomic E-state index is -0.384. The van der Waals surface area contributed by atoms with Gasteiger partial charge >= 0.3 is 0 Å². The summed E-state index contributed by atoms with van der Waals surface area (Å²) in [5.41, 5.74) is 4.50. The highest BCUT2D eigenvalue weighted by molar-refractivity contribution is 6.34. The standard InChI is InChI=1S/C20H21ClN2O2/c1-12-5-4-6-16(8-12)23-11-15(10-18(23)24)20(25)22-19-14(3)7-13(2)9-17(19)21/h4-9,15H,10-11H2,1-3H3,(H,22,25). The second-order valence-corrected chi connectivity index (χ2v) is 7.08. The molecule has 4 nitrogen and oxygen atoms in total. The van der Waals surface area contributed by atoms with E-state index in [0.29, 0.717) is 17.3 Å². The van der Waals surface area contributed by atoms with Gasteiger partial charge in [0, 0.05) is 18.7 Å². The van der Waals surface area contributed by atoms with Crippen LogP contribution in [0, 0.1) is 26.7 Å². The van der Waals surface area contributed by atoms with Gasteiger partial charge in [0.05, 0.1) is 16.6 Å². The highest BCUT2D eigenvalue weighted by atomic mass is 35.5. The summed E-state index contributed by atoms with van der Waals surface area (Å²) in [6, 6.07) is 11.5. The van der Waals surface area contributed by atoms with Crippen LogP contribution in [0.4, 0.5) is 11.4 Å². The summed E-state index contributed by atoms with van der Waals surface area (Å²) in [5, 5.41) is 3.42. The van der Waals surface area contributed by atoms with Crippen molar-refractivity contribution >= 4 is 34.8 Å². The lowest BCUT2D eigenvalue weighted by Crippen LogP contribution is -2.28. The Morgan fingerprint density at radius 3 is 2.60 bits per heavy atom. The molecule has 1 unspecified atom stereocenters. The van der Waals surface area contributed by atoms with E-state index in [1.807, 2.05) is 57.2 Å². The fourth-order valence-electron chi connectivity index (χ4n) is 3.23. The molecule has 1 heterocycles. The van der Waals surface area contributed by atoms with Crippen LogP contribution in [0.2, 0.25) is 5.02 Å². The number of halogens is 1. The lowest BCUT2D eigenvalue weighted by molar-refractivity contribution is -0.122. The summed E-state index contributed by atoms with van der Waals surface area (Å²) in [4.78, 5) is 26.7. The smallest absolute Gasteiger partial charge is 0.229 e. The molecular weight excluding hydrogens is 336 g/mol. The minimum absolute atomic E-state index is 0.0301. The number of carbonyl (C=O) groups is 2. The number of rotatable bonds is 3. The van der Waals surface area contributed by atoms with Crippen LogP contribution >= 0.6 is 11.6 Å². The fourth-order valence-corrected chi connectivity index (χ4v) is 3.60. The van der Waals surface area contributed by atoms with Gasteiger partial charge in [-0.1, -0.05) is 29.8 Å². The van der Waals surface area contributed by atoms with Crippen LogP contribution in [0.25, 0.3) is 0 Å². The molecule has 1 atom stereocenters. The maximum atomic E-state index is 12.6. The summed E-state index contributed by atoms with van der Waals surface area (Å²) in [5.74, 6) is -0.584. The Labute approximate surface area is 152 Å². The predicted molar refractivity (Wildman–Crippen MR) is 101 cm³/mol. The maximum absolute atomic E-state index is 12.6. The van der Waals surface area contributed by atoms with E-state index in [0.717, 1.165) is 22.4 Å². The summed E-state index contributed by atoms with van der Waals surface area (Å²) in [7, 11) is 0. The summed E-state index contributed by atoms with van der Waals surface area (Å²) < 4.78 is 0. The van der Waals surface area contributed by atoms with Crippen LogP contribution in [0.15, 0.2) is 36.4 Å². The Morgan fingerprint density at radius 2 is 1.92 bits per heavy atom. The molecular formula is C20H21ClN2O2. The molecule has 1 aliphatic heterocycles. The Balaban J connectivity index is 1.75. The van der Waals surface area contributed by atoms with Crippen molar-refractivity contribution in [3.8, 4) is 0 Å². The summed E-state index contributed by atoms with van der Waals surface area (Å²) >= 11 is 6.26. The van der Waals surface area contributed by atoms with Crippen molar-refractivity contribution in [2.45, 2.75) is 27.2 Å². The van der Waals surface area contributed by atoms with Crippen molar-refractivity contribution in [1.29, 1.82) is 0 Å². The number of hydrogen-bond acceptors (Lipinski definition) is 2. The molecule has 0 aliphatic carbocycles. The molecule has 1 saturated heterocycles. The predicted octanol–water partition coefficient (Wildman–Crippen LogP) is 4.26. The molecule has 5 heteroatoms. The first-order valence-corrected chi connectivity index (χ1v) is 8.67. The Bertz CT molecular complexity index is 824. The zero-order valence-electron chi connectivity index (χ0n) is 14.6. The van der Waals surface area contributed by atoms with Crippen LogP contribution < -0.4 is 10.2 Å². The molecule has 0 radical (unpaired) electrons. The quantitative estimate of drug-likeness (QED) is 0.893. The molecule has 130 valence electrons. The highest BCUT2D eigenvalue weighted by Crippen LogP contribution is 2.30. The summed E-state index contributed by atoms with van der Waals surface area (Å²) in [6.45, 7) is 6.24. The second kappa shape index (κ2) is 6.89. The number of anilines is 2. The van der Waals surface area contributed by atoms with E-state index in [-0.39, 0.29) is 24.2 Å². The SMILES string of the molecule is Cc1cccc(N2CC(C(=O)Nc3c(C)cc(C)cc3Cl)CC2=O)c1. The fraction of sp³-hybridized carbons (Fsp3) is 0.300. The number of amides is 2. The number of carbonyl (C=O) groups excluding carboxylic acids is 2. The van der Waals surface area contributed by atoms with Crippen LogP contribution in [0.3, 0.4) is 0 Å². The molecule has 0 spiro atoms. The van der Waals surface area contributed by atoms with Crippen molar-refractivity contribution in [2.75, 3.05) is 16.8 Å². The van der Waals surface area contributed by atoms with Gasteiger partial charge in [0.1, 0.15) is 0 Å². The number of nitrogens with one attached hydrogen (secondary N) is 1. The molecule has 1 N–H and O–H groups in total. The van der Waals surface area contributed by atoms with E-state index in [4.69, 9.17) is 11.6 Å². The van der Waals surface area contributed by atoms with Crippen molar-refractivity contribution in [1.82, 2.24) is 0 Å². The van der Waals surface area contributed by atoms with Gasteiger partial charge in [-0.05, 0) is 55.7 Å². The van der Waals surface area contributed by atoms with E-state index in [9.17, 15) is 9.59 Å². The lowest BCUT2D eigenvalue weighted by Gasteiger charge is -2.18. The first-order chi connectivity index (χ1) is 11.8. The number of aryl methyl sites for hydroxylation is 3. The van der Waals surface area contributed by atoms with E-state index in [2.05, 4.69) is 5.32 Å². The zero-order chi connectivity index (χ0) is 18.1. The Hall–Kier alpha value is -2.33. The lowest BCUT2D eigenvalue weighted by atomic mass is 10.1. The minimum Gasteiger partial charge on any atom is -0.324 e. The average molecular weight is 357 g/mol. The van der Waals surface area contributed by atoms with Crippen molar-refractivity contribution < 1.29 is 9.59 Å². The van der Waals surface area contributed by atoms with Gasteiger partial charge in [0.15, 0.2) is 0 Å².